The summed E-state index contributed by atoms with van der Waals surface area (Å²) in [5, 5.41) is 18.2. The zero-order valence-electron chi connectivity index (χ0n) is 14.7. The molecule has 0 aliphatic heterocycles. The molecule has 1 aromatic carbocycles. The lowest BCUT2D eigenvalue weighted by atomic mass is 10.0. The highest BCUT2D eigenvalue weighted by Crippen LogP contribution is 2.21. The van der Waals surface area contributed by atoms with Gasteiger partial charge in [-0.1, -0.05) is 5.92 Å². The normalized spacial score (nSPS) is 13.3. The molecule has 0 saturated carbocycles. The van der Waals surface area contributed by atoms with Crippen LogP contribution >= 0.6 is 11.8 Å². The molecule has 0 saturated heterocycles. The first-order chi connectivity index (χ1) is 12.2. The fraction of sp³-hybridized carbons (Fsp3) is 0.471. The highest BCUT2D eigenvalue weighted by molar-refractivity contribution is 7.99. The molecule has 1 aromatic rings. The number of sulfonamides is 1. The van der Waals surface area contributed by atoms with E-state index in [9.17, 15) is 18.3 Å². The second-order valence-corrected chi connectivity index (χ2v) is 8.42. The Morgan fingerprint density at radius 3 is 2.50 bits per heavy atom. The monoisotopic (exact) mass is 401 g/mol. The topological polar surface area (TPSA) is 113 Å². The second-order valence-electron chi connectivity index (χ2n) is 5.52. The van der Waals surface area contributed by atoms with E-state index >= 15 is 0 Å². The minimum absolute atomic E-state index is 0.0154. The van der Waals surface area contributed by atoms with Gasteiger partial charge in [0.05, 0.1) is 11.5 Å². The maximum Gasteiger partial charge on any atom is 0.324 e. The summed E-state index contributed by atoms with van der Waals surface area (Å²) in [6, 6.07) is 5.67. The van der Waals surface area contributed by atoms with Crippen LogP contribution in [0.25, 0.3) is 0 Å². The third kappa shape index (κ3) is 6.88. The molecule has 3 N–H and O–H groups in total. The molecule has 0 aliphatic rings. The largest absolute Gasteiger partial charge is 0.481 e. The Bertz CT molecular complexity index is 752. The van der Waals surface area contributed by atoms with Gasteiger partial charge in [0.1, 0.15) is 17.9 Å². The van der Waals surface area contributed by atoms with Crippen LogP contribution in [0.15, 0.2) is 29.2 Å². The second kappa shape index (κ2) is 10.4. The van der Waals surface area contributed by atoms with Crippen LogP contribution in [0.3, 0.4) is 0 Å². The fourth-order valence-corrected chi connectivity index (χ4v) is 4.19. The number of carboxylic acids is 1. The predicted octanol–water partition coefficient (Wildman–Crippen LogP) is 1.33. The third-order valence-electron chi connectivity index (χ3n) is 3.44. The van der Waals surface area contributed by atoms with Gasteiger partial charge in [0.25, 0.3) is 0 Å². The molecule has 1 rings (SSSR count). The summed E-state index contributed by atoms with van der Waals surface area (Å²) in [4.78, 5) is 11.5. The summed E-state index contributed by atoms with van der Waals surface area (Å²) in [7, 11) is -4.02. The number of aliphatic hydroxyl groups excluding tert-OH is 1. The van der Waals surface area contributed by atoms with Crippen molar-refractivity contribution in [1.29, 1.82) is 0 Å². The predicted molar refractivity (Wildman–Crippen MR) is 101 cm³/mol. The van der Waals surface area contributed by atoms with Crippen molar-refractivity contribution in [3.05, 3.63) is 24.3 Å². The van der Waals surface area contributed by atoms with Crippen LogP contribution in [0.4, 0.5) is 0 Å². The molecule has 7 nitrogen and oxygen atoms in total. The number of carbonyl (C=O) groups is 1. The quantitative estimate of drug-likeness (QED) is 0.379. The lowest BCUT2D eigenvalue weighted by Gasteiger charge is -2.26. The molecule has 9 heteroatoms. The SMILES string of the molecule is CC#CCOc1ccc(S(=O)(=O)NC(C)(CCSCCO)C(=O)O)cc1. The maximum atomic E-state index is 12.5. The summed E-state index contributed by atoms with van der Waals surface area (Å²) in [6.07, 6.45) is 0.0864. The van der Waals surface area contributed by atoms with Crippen molar-refractivity contribution in [2.75, 3.05) is 24.7 Å². The molecular formula is C17H23NO6S2. The smallest absolute Gasteiger partial charge is 0.324 e. The molecule has 0 fully saturated rings. The van der Waals surface area contributed by atoms with Gasteiger partial charge in [0, 0.05) is 5.75 Å². The van der Waals surface area contributed by atoms with Gasteiger partial charge in [0.15, 0.2) is 0 Å². The number of nitrogens with one attached hydrogen (secondary N) is 1. The van der Waals surface area contributed by atoms with Crippen molar-refractivity contribution in [3.8, 4) is 17.6 Å². The average Bonchev–Trinajstić information content (AvgIpc) is 2.59. The van der Waals surface area contributed by atoms with Gasteiger partial charge in [-0.15, -0.1) is 5.92 Å². The van der Waals surface area contributed by atoms with Crippen LogP contribution in [-0.4, -0.2) is 54.9 Å². The van der Waals surface area contributed by atoms with Gasteiger partial charge in [0.2, 0.25) is 10.0 Å². The summed E-state index contributed by atoms with van der Waals surface area (Å²) in [6.45, 7) is 3.20. The highest BCUT2D eigenvalue weighted by atomic mass is 32.2. The number of hydrogen-bond acceptors (Lipinski definition) is 6. The van der Waals surface area contributed by atoms with E-state index in [1.54, 1.807) is 6.92 Å². The minimum atomic E-state index is -4.02. The van der Waals surface area contributed by atoms with E-state index in [2.05, 4.69) is 16.6 Å². The number of benzene rings is 1. The number of thioether (sulfide) groups is 1. The van der Waals surface area contributed by atoms with E-state index in [1.807, 2.05) is 0 Å². The number of hydrogen-bond donors (Lipinski definition) is 3. The van der Waals surface area contributed by atoms with Crippen molar-refractivity contribution < 1.29 is 28.2 Å². The molecule has 0 aromatic heterocycles. The van der Waals surface area contributed by atoms with E-state index in [0.29, 0.717) is 17.3 Å². The fourth-order valence-electron chi connectivity index (χ4n) is 1.91. The molecule has 0 bridgehead atoms. The molecule has 0 aliphatic carbocycles. The molecular weight excluding hydrogens is 378 g/mol. The summed E-state index contributed by atoms with van der Waals surface area (Å²) >= 11 is 1.35. The molecule has 0 heterocycles. The van der Waals surface area contributed by atoms with Crippen molar-refractivity contribution in [1.82, 2.24) is 4.72 Å². The summed E-state index contributed by atoms with van der Waals surface area (Å²) < 4.78 is 32.6. The van der Waals surface area contributed by atoms with Crippen LogP contribution < -0.4 is 9.46 Å². The molecule has 144 valence electrons. The third-order valence-corrected chi connectivity index (χ3v) is 6.01. The number of carboxylic acid groups (broad SMARTS) is 1. The van der Waals surface area contributed by atoms with Crippen LogP contribution in [-0.2, 0) is 14.8 Å². The van der Waals surface area contributed by atoms with Crippen molar-refractivity contribution in [2.45, 2.75) is 30.7 Å². The molecule has 26 heavy (non-hydrogen) atoms. The van der Waals surface area contributed by atoms with Crippen LogP contribution in [0.5, 0.6) is 5.75 Å². The van der Waals surface area contributed by atoms with Gasteiger partial charge < -0.3 is 14.9 Å². The Balaban J connectivity index is 2.86. The van der Waals surface area contributed by atoms with Crippen LogP contribution in [0, 0.1) is 11.8 Å². The van der Waals surface area contributed by atoms with Crippen molar-refractivity contribution >= 4 is 27.8 Å². The van der Waals surface area contributed by atoms with E-state index in [0.717, 1.165) is 0 Å². The van der Waals surface area contributed by atoms with Crippen molar-refractivity contribution in [2.24, 2.45) is 0 Å². The number of rotatable bonds is 11. The minimum Gasteiger partial charge on any atom is -0.481 e. The zero-order chi connectivity index (χ0) is 19.6. The highest BCUT2D eigenvalue weighted by Gasteiger charge is 2.37. The first-order valence-electron chi connectivity index (χ1n) is 7.83. The van der Waals surface area contributed by atoms with Gasteiger partial charge in [-0.05, 0) is 50.3 Å². The molecule has 0 spiro atoms. The number of ether oxygens (including phenoxy) is 1. The van der Waals surface area contributed by atoms with Gasteiger partial charge in [-0.2, -0.15) is 16.5 Å². The molecule has 0 amide bonds. The maximum absolute atomic E-state index is 12.5. The van der Waals surface area contributed by atoms with Crippen LogP contribution in [0.2, 0.25) is 0 Å². The molecule has 0 radical (unpaired) electrons. The van der Waals surface area contributed by atoms with Gasteiger partial charge >= 0.3 is 5.97 Å². The van der Waals surface area contributed by atoms with Gasteiger partial charge in [-0.3, -0.25) is 4.79 Å². The zero-order valence-corrected chi connectivity index (χ0v) is 16.3. The lowest BCUT2D eigenvalue weighted by molar-refractivity contribution is -0.143. The molecule has 1 atom stereocenters. The molecule has 1 unspecified atom stereocenters. The Labute approximate surface area is 158 Å². The summed E-state index contributed by atoms with van der Waals surface area (Å²) in [5.41, 5.74) is -1.65. The van der Waals surface area contributed by atoms with E-state index in [1.165, 1.54) is 43.0 Å². The first-order valence-corrected chi connectivity index (χ1v) is 10.5. The Morgan fingerprint density at radius 2 is 1.96 bits per heavy atom. The standard InChI is InChI=1S/C17H23NO6S2/c1-3-4-11-24-14-5-7-15(8-6-14)26(22,23)18-17(2,16(20)21)9-12-25-13-10-19/h5-8,18-19H,9-13H2,1-2H3,(H,20,21). The lowest BCUT2D eigenvalue weighted by Crippen LogP contribution is -2.52. The first kappa shape index (κ1) is 22.3. The average molecular weight is 402 g/mol. The Morgan fingerprint density at radius 1 is 1.31 bits per heavy atom. The van der Waals surface area contributed by atoms with Gasteiger partial charge in [-0.25, -0.2) is 8.42 Å². The number of aliphatic carboxylic acids is 1. The van der Waals surface area contributed by atoms with E-state index < -0.39 is 21.5 Å². The Hall–Kier alpha value is -1.73. The number of aliphatic hydroxyl groups is 1. The summed E-state index contributed by atoms with van der Waals surface area (Å²) in [5.74, 6) is 5.48. The Kier molecular flexibility index (Phi) is 8.95. The van der Waals surface area contributed by atoms with Crippen LogP contribution in [0.1, 0.15) is 20.3 Å². The van der Waals surface area contributed by atoms with E-state index in [-0.39, 0.29) is 24.5 Å². The van der Waals surface area contributed by atoms with E-state index in [4.69, 9.17) is 9.84 Å². The van der Waals surface area contributed by atoms with Crippen molar-refractivity contribution in [3.63, 3.8) is 0 Å².